The Kier molecular flexibility index (Phi) is 10.1. The fourth-order valence-electron chi connectivity index (χ4n) is 2.42. The van der Waals surface area contributed by atoms with Gasteiger partial charge in [-0.3, -0.25) is 4.79 Å². The van der Waals surface area contributed by atoms with Crippen molar-refractivity contribution in [1.29, 1.82) is 0 Å². The van der Waals surface area contributed by atoms with Gasteiger partial charge in [0.15, 0.2) is 17.5 Å². The highest BCUT2D eigenvalue weighted by Gasteiger charge is 2.05. The van der Waals surface area contributed by atoms with Crippen molar-refractivity contribution in [3.05, 3.63) is 48.0 Å². The molecule has 0 aliphatic heterocycles. The SMILES string of the molecule is CCCC(=O)Nc1ccc(CN=C(N)Nc2ccc(OC)c(OC)c2)cc1.I. The van der Waals surface area contributed by atoms with Crippen molar-refractivity contribution < 1.29 is 14.3 Å². The van der Waals surface area contributed by atoms with Crippen LogP contribution in [-0.2, 0) is 11.3 Å². The standard InChI is InChI=1S/C20H26N4O3.HI/c1-4-5-19(25)23-15-8-6-14(7-9-15)13-22-20(21)24-16-10-11-17(26-2)18(12-16)27-3;/h6-12H,4-5,13H2,1-3H3,(H,23,25)(H3,21,22,24);1H. The smallest absolute Gasteiger partial charge is 0.224 e. The van der Waals surface area contributed by atoms with Crippen LogP contribution in [0.2, 0.25) is 0 Å². The number of carbonyl (C=O) groups excluding carboxylic acids is 1. The summed E-state index contributed by atoms with van der Waals surface area (Å²) in [6.07, 6.45) is 1.34. The van der Waals surface area contributed by atoms with Gasteiger partial charge in [-0.05, 0) is 36.2 Å². The summed E-state index contributed by atoms with van der Waals surface area (Å²) >= 11 is 0. The summed E-state index contributed by atoms with van der Waals surface area (Å²) in [5.74, 6) is 1.56. The first-order valence-corrected chi connectivity index (χ1v) is 8.73. The van der Waals surface area contributed by atoms with Gasteiger partial charge in [0.25, 0.3) is 0 Å². The third-order valence-electron chi connectivity index (χ3n) is 3.80. The van der Waals surface area contributed by atoms with Gasteiger partial charge in [0.05, 0.1) is 20.8 Å². The number of nitrogens with two attached hydrogens (primary N) is 1. The van der Waals surface area contributed by atoms with Gasteiger partial charge in [-0.2, -0.15) is 0 Å². The third-order valence-corrected chi connectivity index (χ3v) is 3.80. The number of methoxy groups -OCH3 is 2. The zero-order valence-corrected chi connectivity index (χ0v) is 18.7. The number of nitrogens with zero attached hydrogens (tertiary/aromatic N) is 1. The van der Waals surface area contributed by atoms with Crippen LogP contribution in [0.15, 0.2) is 47.5 Å². The average Bonchev–Trinajstić information content (AvgIpc) is 2.67. The zero-order valence-electron chi connectivity index (χ0n) is 16.3. The van der Waals surface area contributed by atoms with Crippen molar-refractivity contribution in [3.63, 3.8) is 0 Å². The molecule has 0 aliphatic rings. The van der Waals surface area contributed by atoms with Gasteiger partial charge in [0.1, 0.15) is 0 Å². The van der Waals surface area contributed by atoms with Crippen molar-refractivity contribution in [2.45, 2.75) is 26.3 Å². The monoisotopic (exact) mass is 498 g/mol. The second-order valence-electron chi connectivity index (χ2n) is 5.89. The van der Waals surface area contributed by atoms with Crippen molar-refractivity contribution in [1.82, 2.24) is 0 Å². The van der Waals surface area contributed by atoms with Crippen LogP contribution in [0.5, 0.6) is 11.5 Å². The Morgan fingerprint density at radius 2 is 1.64 bits per heavy atom. The summed E-state index contributed by atoms with van der Waals surface area (Å²) in [5, 5.41) is 5.88. The van der Waals surface area contributed by atoms with Crippen LogP contribution in [0.4, 0.5) is 11.4 Å². The quantitative estimate of drug-likeness (QED) is 0.291. The predicted octanol–water partition coefficient (Wildman–Crippen LogP) is 3.99. The number of aliphatic imine (C=N–C) groups is 1. The van der Waals surface area contributed by atoms with E-state index in [9.17, 15) is 4.79 Å². The van der Waals surface area contributed by atoms with E-state index in [0.29, 0.717) is 30.4 Å². The molecule has 152 valence electrons. The highest BCUT2D eigenvalue weighted by atomic mass is 127. The number of carbonyl (C=O) groups is 1. The molecular formula is C20H27IN4O3. The molecule has 0 unspecified atom stereocenters. The molecule has 0 heterocycles. The topological polar surface area (TPSA) is 98.0 Å². The molecule has 8 heteroatoms. The lowest BCUT2D eigenvalue weighted by atomic mass is 10.2. The molecule has 4 N–H and O–H groups in total. The van der Waals surface area contributed by atoms with Gasteiger partial charge in [-0.25, -0.2) is 4.99 Å². The molecule has 2 rings (SSSR count). The molecular weight excluding hydrogens is 471 g/mol. The van der Waals surface area contributed by atoms with E-state index in [2.05, 4.69) is 15.6 Å². The molecule has 0 spiro atoms. The largest absolute Gasteiger partial charge is 0.493 e. The van der Waals surface area contributed by atoms with E-state index in [1.165, 1.54) is 0 Å². The first-order valence-electron chi connectivity index (χ1n) is 8.73. The lowest BCUT2D eigenvalue weighted by Gasteiger charge is -2.11. The number of anilines is 2. The number of amides is 1. The normalized spacial score (nSPS) is 10.6. The second kappa shape index (κ2) is 12.1. The maximum Gasteiger partial charge on any atom is 0.224 e. The minimum absolute atomic E-state index is 0. The summed E-state index contributed by atoms with van der Waals surface area (Å²) in [7, 11) is 3.16. The Balaban J connectivity index is 0.00000392. The average molecular weight is 498 g/mol. The first kappa shape index (κ1) is 23.5. The lowest BCUT2D eigenvalue weighted by molar-refractivity contribution is -0.116. The number of guanidine groups is 1. The number of hydrogen-bond donors (Lipinski definition) is 3. The summed E-state index contributed by atoms with van der Waals surface area (Å²) in [6, 6.07) is 12.9. The van der Waals surface area contributed by atoms with Crippen LogP contribution in [0, 0.1) is 0 Å². The number of rotatable bonds is 8. The molecule has 0 aliphatic carbocycles. The van der Waals surface area contributed by atoms with Gasteiger partial charge < -0.3 is 25.8 Å². The van der Waals surface area contributed by atoms with Crippen LogP contribution in [0.1, 0.15) is 25.3 Å². The van der Waals surface area contributed by atoms with E-state index in [0.717, 1.165) is 23.4 Å². The van der Waals surface area contributed by atoms with Gasteiger partial charge in [0, 0.05) is 23.9 Å². The first-order chi connectivity index (χ1) is 13.0. The number of hydrogen-bond acceptors (Lipinski definition) is 4. The van der Waals surface area contributed by atoms with Crippen LogP contribution in [-0.4, -0.2) is 26.1 Å². The molecule has 28 heavy (non-hydrogen) atoms. The van der Waals surface area contributed by atoms with Gasteiger partial charge in [0.2, 0.25) is 5.91 Å². The van der Waals surface area contributed by atoms with Crippen molar-refractivity contribution >= 4 is 47.2 Å². The van der Waals surface area contributed by atoms with E-state index >= 15 is 0 Å². The highest BCUT2D eigenvalue weighted by Crippen LogP contribution is 2.29. The Morgan fingerprint density at radius 1 is 1.00 bits per heavy atom. The van der Waals surface area contributed by atoms with E-state index in [4.69, 9.17) is 15.2 Å². The van der Waals surface area contributed by atoms with Crippen LogP contribution in [0.25, 0.3) is 0 Å². The minimum atomic E-state index is 0. The molecule has 0 atom stereocenters. The molecule has 0 aromatic heterocycles. The third kappa shape index (κ3) is 7.26. The van der Waals surface area contributed by atoms with Gasteiger partial charge >= 0.3 is 0 Å². The molecule has 1 amide bonds. The second-order valence-corrected chi connectivity index (χ2v) is 5.89. The van der Waals surface area contributed by atoms with Crippen molar-refractivity contribution in [2.75, 3.05) is 24.9 Å². The number of benzene rings is 2. The zero-order chi connectivity index (χ0) is 19.6. The Morgan fingerprint density at radius 3 is 2.25 bits per heavy atom. The summed E-state index contributed by atoms with van der Waals surface area (Å²) < 4.78 is 10.5. The molecule has 0 bridgehead atoms. The molecule has 0 saturated carbocycles. The molecule has 0 radical (unpaired) electrons. The number of ether oxygens (including phenoxy) is 2. The molecule has 7 nitrogen and oxygen atoms in total. The summed E-state index contributed by atoms with van der Waals surface area (Å²) in [6.45, 7) is 2.40. The van der Waals surface area contributed by atoms with E-state index < -0.39 is 0 Å². The van der Waals surface area contributed by atoms with Crippen LogP contribution < -0.4 is 25.8 Å². The molecule has 0 fully saturated rings. The fourth-order valence-corrected chi connectivity index (χ4v) is 2.42. The van der Waals surface area contributed by atoms with E-state index in [1.807, 2.05) is 37.3 Å². The molecule has 2 aromatic rings. The summed E-state index contributed by atoms with van der Waals surface area (Å²) in [4.78, 5) is 15.9. The maximum atomic E-state index is 11.6. The highest BCUT2D eigenvalue weighted by molar-refractivity contribution is 14.0. The fraction of sp³-hybridized carbons (Fsp3) is 0.300. The molecule has 0 saturated heterocycles. The van der Waals surface area contributed by atoms with Crippen LogP contribution >= 0.6 is 24.0 Å². The van der Waals surface area contributed by atoms with E-state index in [-0.39, 0.29) is 29.9 Å². The summed E-state index contributed by atoms with van der Waals surface area (Å²) in [5.41, 5.74) is 8.47. The van der Waals surface area contributed by atoms with Crippen molar-refractivity contribution in [2.24, 2.45) is 10.7 Å². The Bertz CT molecular complexity index is 795. The van der Waals surface area contributed by atoms with Crippen LogP contribution in [0.3, 0.4) is 0 Å². The number of halogens is 1. The lowest BCUT2D eigenvalue weighted by Crippen LogP contribution is -2.22. The van der Waals surface area contributed by atoms with Gasteiger partial charge in [-0.15, -0.1) is 24.0 Å². The number of nitrogens with one attached hydrogen (secondary N) is 2. The van der Waals surface area contributed by atoms with E-state index in [1.54, 1.807) is 26.4 Å². The van der Waals surface area contributed by atoms with Crippen molar-refractivity contribution in [3.8, 4) is 11.5 Å². The predicted molar refractivity (Wildman–Crippen MR) is 124 cm³/mol. The minimum Gasteiger partial charge on any atom is -0.493 e. The molecule has 2 aromatic carbocycles. The van der Waals surface area contributed by atoms with Gasteiger partial charge in [-0.1, -0.05) is 19.1 Å². The Labute approximate surface area is 182 Å². The maximum absolute atomic E-state index is 11.6. The Hall–Kier alpha value is -2.49.